The third-order valence-electron chi connectivity index (χ3n) is 5.07. The first-order valence-corrected chi connectivity index (χ1v) is 10.4. The lowest BCUT2D eigenvalue weighted by Crippen LogP contribution is -2.43. The van der Waals surface area contributed by atoms with Gasteiger partial charge in [-0.2, -0.15) is 0 Å². The molecule has 1 aliphatic heterocycles. The highest BCUT2D eigenvalue weighted by molar-refractivity contribution is 9.10. The largest absolute Gasteiger partial charge is 0.455 e. The standard InChI is InChI=1S/C22H22BrN3O5/c1-13-14(2)18(9-8-17(13)23)24-19(27)12-31-22(30)16-10-20(28)26(11-16)25-21(29)15-6-4-3-5-7-15/h3-9,16H,10-12H2,1-2H3,(H,24,27)(H,25,29)/t16-/m1/s1. The summed E-state index contributed by atoms with van der Waals surface area (Å²) in [6.07, 6.45) is -0.0967. The van der Waals surface area contributed by atoms with Gasteiger partial charge in [0.25, 0.3) is 11.8 Å². The molecule has 0 radical (unpaired) electrons. The fourth-order valence-corrected chi connectivity index (χ4v) is 3.54. The SMILES string of the molecule is Cc1c(Br)ccc(NC(=O)COC(=O)[C@@H]2CC(=O)N(NC(=O)c3ccccc3)C2)c1C. The first-order valence-electron chi connectivity index (χ1n) is 9.65. The Morgan fingerprint density at radius 2 is 1.81 bits per heavy atom. The Labute approximate surface area is 188 Å². The summed E-state index contributed by atoms with van der Waals surface area (Å²) in [6, 6.07) is 12.0. The first-order chi connectivity index (χ1) is 14.8. The lowest BCUT2D eigenvalue weighted by molar-refractivity contribution is -0.151. The van der Waals surface area contributed by atoms with Crippen LogP contribution in [0.5, 0.6) is 0 Å². The Bertz CT molecular complexity index is 1030. The van der Waals surface area contributed by atoms with E-state index in [1.165, 1.54) is 0 Å². The van der Waals surface area contributed by atoms with E-state index in [2.05, 4.69) is 26.7 Å². The highest BCUT2D eigenvalue weighted by atomic mass is 79.9. The first kappa shape index (κ1) is 22.5. The van der Waals surface area contributed by atoms with Gasteiger partial charge < -0.3 is 10.1 Å². The molecule has 1 saturated heterocycles. The molecule has 2 aromatic carbocycles. The second-order valence-electron chi connectivity index (χ2n) is 7.21. The third-order valence-corrected chi connectivity index (χ3v) is 5.93. The maximum atomic E-state index is 12.3. The molecule has 0 spiro atoms. The van der Waals surface area contributed by atoms with Gasteiger partial charge in [0.15, 0.2) is 6.61 Å². The second-order valence-corrected chi connectivity index (χ2v) is 8.07. The summed E-state index contributed by atoms with van der Waals surface area (Å²) >= 11 is 3.43. The smallest absolute Gasteiger partial charge is 0.311 e. The van der Waals surface area contributed by atoms with Crippen molar-refractivity contribution in [3.05, 3.63) is 63.6 Å². The van der Waals surface area contributed by atoms with E-state index in [9.17, 15) is 19.2 Å². The van der Waals surface area contributed by atoms with E-state index in [4.69, 9.17) is 4.74 Å². The number of hydrogen-bond donors (Lipinski definition) is 2. The van der Waals surface area contributed by atoms with Gasteiger partial charge in [-0.15, -0.1) is 0 Å². The van der Waals surface area contributed by atoms with E-state index in [-0.39, 0.29) is 13.0 Å². The predicted molar refractivity (Wildman–Crippen MR) is 117 cm³/mol. The number of nitrogens with one attached hydrogen (secondary N) is 2. The number of carbonyl (C=O) groups excluding carboxylic acids is 4. The molecule has 0 saturated carbocycles. The number of carbonyl (C=O) groups is 4. The highest BCUT2D eigenvalue weighted by Gasteiger charge is 2.36. The Morgan fingerprint density at radius 3 is 2.52 bits per heavy atom. The molecular formula is C22H22BrN3O5. The molecule has 1 atom stereocenters. The molecule has 2 N–H and O–H groups in total. The Kier molecular flexibility index (Phi) is 7.06. The summed E-state index contributed by atoms with van der Waals surface area (Å²) in [7, 11) is 0. The predicted octanol–water partition coefficient (Wildman–Crippen LogP) is 2.74. The fourth-order valence-electron chi connectivity index (χ4n) is 3.11. The van der Waals surface area contributed by atoms with Crippen molar-refractivity contribution in [2.24, 2.45) is 5.92 Å². The molecule has 1 aliphatic rings. The van der Waals surface area contributed by atoms with Crippen molar-refractivity contribution in [2.75, 3.05) is 18.5 Å². The number of halogens is 1. The molecule has 1 fully saturated rings. The number of hydrogen-bond acceptors (Lipinski definition) is 5. The number of benzene rings is 2. The molecule has 0 aromatic heterocycles. The van der Waals surface area contributed by atoms with E-state index in [1.807, 2.05) is 19.9 Å². The fraction of sp³-hybridized carbons (Fsp3) is 0.273. The van der Waals surface area contributed by atoms with Crippen LogP contribution < -0.4 is 10.7 Å². The van der Waals surface area contributed by atoms with Crippen molar-refractivity contribution in [2.45, 2.75) is 20.3 Å². The van der Waals surface area contributed by atoms with Crippen molar-refractivity contribution >= 4 is 45.3 Å². The average molecular weight is 488 g/mol. The molecule has 9 heteroatoms. The maximum absolute atomic E-state index is 12.3. The van der Waals surface area contributed by atoms with Crippen LogP contribution in [0.1, 0.15) is 27.9 Å². The second kappa shape index (κ2) is 9.74. The molecule has 1 heterocycles. The molecular weight excluding hydrogens is 466 g/mol. The van der Waals surface area contributed by atoms with Crippen LogP contribution >= 0.6 is 15.9 Å². The highest BCUT2D eigenvalue weighted by Crippen LogP contribution is 2.25. The lowest BCUT2D eigenvalue weighted by atomic mass is 10.1. The molecule has 31 heavy (non-hydrogen) atoms. The molecule has 3 amide bonds. The van der Waals surface area contributed by atoms with Crippen LogP contribution in [0.15, 0.2) is 46.9 Å². The van der Waals surface area contributed by atoms with Gasteiger partial charge in [0.2, 0.25) is 5.91 Å². The Balaban J connectivity index is 1.50. The van der Waals surface area contributed by atoms with Crippen molar-refractivity contribution in [3.8, 4) is 0 Å². The van der Waals surface area contributed by atoms with Gasteiger partial charge in [0.05, 0.1) is 12.5 Å². The average Bonchev–Trinajstić information content (AvgIpc) is 3.13. The van der Waals surface area contributed by atoms with Crippen molar-refractivity contribution in [1.29, 1.82) is 0 Å². The monoisotopic (exact) mass is 487 g/mol. The molecule has 0 bridgehead atoms. The molecule has 0 unspecified atom stereocenters. The van der Waals surface area contributed by atoms with Gasteiger partial charge in [-0.05, 0) is 49.2 Å². The van der Waals surface area contributed by atoms with E-state index < -0.39 is 36.2 Å². The summed E-state index contributed by atoms with van der Waals surface area (Å²) < 4.78 is 6.02. The van der Waals surface area contributed by atoms with Gasteiger partial charge >= 0.3 is 5.97 Å². The molecule has 3 rings (SSSR count). The van der Waals surface area contributed by atoms with E-state index in [1.54, 1.807) is 36.4 Å². The van der Waals surface area contributed by atoms with Crippen LogP contribution in [-0.2, 0) is 19.1 Å². The number of ether oxygens (including phenoxy) is 1. The van der Waals surface area contributed by atoms with Crippen LogP contribution in [0.3, 0.4) is 0 Å². The molecule has 0 aliphatic carbocycles. The molecule has 2 aromatic rings. The zero-order valence-electron chi connectivity index (χ0n) is 17.1. The minimum atomic E-state index is -0.756. The minimum absolute atomic E-state index is 0.0110. The number of rotatable bonds is 6. The summed E-state index contributed by atoms with van der Waals surface area (Å²) in [6.45, 7) is 3.33. The Morgan fingerprint density at radius 1 is 1.10 bits per heavy atom. The van der Waals surface area contributed by atoms with E-state index in [0.717, 1.165) is 20.6 Å². The summed E-state index contributed by atoms with van der Waals surface area (Å²) in [4.78, 5) is 48.9. The van der Waals surface area contributed by atoms with Gasteiger partial charge in [0, 0.05) is 22.1 Å². The van der Waals surface area contributed by atoms with Crippen molar-refractivity contribution in [3.63, 3.8) is 0 Å². The van der Waals surface area contributed by atoms with Gasteiger partial charge in [-0.1, -0.05) is 34.1 Å². The van der Waals surface area contributed by atoms with Gasteiger partial charge in [-0.25, -0.2) is 0 Å². The van der Waals surface area contributed by atoms with Crippen LogP contribution in [0.2, 0.25) is 0 Å². The normalized spacial score (nSPS) is 15.5. The minimum Gasteiger partial charge on any atom is -0.455 e. The number of nitrogens with zero attached hydrogens (tertiary/aromatic N) is 1. The van der Waals surface area contributed by atoms with E-state index in [0.29, 0.717) is 11.3 Å². The molecule has 8 nitrogen and oxygen atoms in total. The van der Waals surface area contributed by atoms with Crippen LogP contribution in [0.4, 0.5) is 5.69 Å². The zero-order valence-corrected chi connectivity index (χ0v) is 18.7. The maximum Gasteiger partial charge on any atom is 0.311 e. The third kappa shape index (κ3) is 5.49. The van der Waals surface area contributed by atoms with E-state index >= 15 is 0 Å². The number of hydrazine groups is 1. The van der Waals surface area contributed by atoms with Crippen LogP contribution in [-0.4, -0.2) is 41.9 Å². The number of esters is 1. The zero-order chi connectivity index (χ0) is 22.5. The van der Waals surface area contributed by atoms with Gasteiger partial charge in [-0.3, -0.25) is 29.6 Å². The van der Waals surface area contributed by atoms with Crippen LogP contribution in [0, 0.1) is 19.8 Å². The Hall–Kier alpha value is -3.20. The van der Waals surface area contributed by atoms with Crippen molar-refractivity contribution < 1.29 is 23.9 Å². The van der Waals surface area contributed by atoms with Crippen LogP contribution in [0.25, 0.3) is 0 Å². The van der Waals surface area contributed by atoms with Gasteiger partial charge in [0.1, 0.15) is 0 Å². The molecule has 162 valence electrons. The summed E-state index contributed by atoms with van der Waals surface area (Å²) in [5.74, 6) is -2.73. The quantitative estimate of drug-likeness (QED) is 0.609. The van der Waals surface area contributed by atoms with Crippen molar-refractivity contribution in [1.82, 2.24) is 10.4 Å². The topological polar surface area (TPSA) is 105 Å². The number of amides is 3. The summed E-state index contributed by atoms with van der Waals surface area (Å²) in [5.41, 5.74) is 5.43. The lowest BCUT2D eigenvalue weighted by Gasteiger charge is -2.17. The summed E-state index contributed by atoms with van der Waals surface area (Å²) in [5, 5.41) is 3.82. The number of anilines is 1.